The highest BCUT2D eigenvalue weighted by Crippen LogP contribution is 2.46. The molecule has 4 heteroatoms. The minimum absolute atomic E-state index is 0.131. The van der Waals surface area contributed by atoms with Crippen LogP contribution in [0.25, 0.3) is 0 Å². The Morgan fingerprint density at radius 2 is 1.22 bits per heavy atom. The van der Waals surface area contributed by atoms with E-state index in [4.69, 9.17) is 13.6 Å². The monoisotopic (exact) mass is 400 g/mol. The van der Waals surface area contributed by atoms with Crippen molar-refractivity contribution in [1.29, 1.82) is 0 Å². The summed E-state index contributed by atoms with van der Waals surface area (Å²) in [6.45, 7) is 8.85. The second-order valence-electron chi connectivity index (χ2n) is 8.71. The largest absolute Gasteiger partial charge is 0.332 e. The van der Waals surface area contributed by atoms with Gasteiger partial charge in [-0.2, -0.15) is 0 Å². The summed E-state index contributed by atoms with van der Waals surface area (Å²) in [5.74, 6) is 0. The molecule has 160 valence electrons. The number of hydrogen-bond donors (Lipinski definition) is 0. The van der Waals surface area contributed by atoms with Gasteiger partial charge in [0.05, 0.1) is 19.8 Å². The molecule has 0 radical (unpaired) electrons. The topological polar surface area (TPSA) is 27.7 Å². The van der Waals surface area contributed by atoms with Gasteiger partial charge in [-0.3, -0.25) is 0 Å². The number of rotatable bonds is 17. The van der Waals surface area contributed by atoms with Gasteiger partial charge in [0.1, 0.15) is 0 Å². The van der Waals surface area contributed by atoms with E-state index in [1.165, 1.54) is 83.5 Å². The summed E-state index contributed by atoms with van der Waals surface area (Å²) < 4.78 is 17.0. The summed E-state index contributed by atoms with van der Waals surface area (Å²) in [4.78, 5) is 0. The Morgan fingerprint density at radius 3 is 1.78 bits per heavy atom. The molecule has 0 saturated carbocycles. The fourth-order valence-corrected chi connectivity index (χ4v) is 4.51. The Labute approximate surface area is 170 Å². The highest BCUT2D eigenvalue weighted by molar-refractivity contribution is 7.41. The molecule has 0 spiro atoms. The van der Waals surface area contributed by atoms with Gasteiger partial charge in [0.15, 0.2) is 0 Å². The van der Waals surface area contributed by atoms with Gasteiger partial charge in [0.2, 0.25) is 0 Å². The summed E-state index contributed by atoms with van der Waals surface area (Å²) in [6, 6.07) is 0. The molecule has 0 aromatic heterocycles. The van der Waals surface area contributed by atoms with Gasteiger partial charge in [-0.1, -0.05) is 90.7 Å². The zero-order valence-corrected chi connectivity index (χ0v) is 19.2. The van der Waals surface area contributed by atoms with Gasteiger partial charge >= 0.3 is 8.60 Å². The molecule has 0 atom stereocenters. The fourth-order valence-electron chi connectivity index (χ4n) is 3.10. The maximum atomic E-state index is 5.71. The molecule has 0 bridgehead atoms. The average molecular weight is 401 g/mol. The van der Waals surface area contributed by atoms with E-state index >= 15 is 0 Å². The average Bonchev–Trinajstić information content (AvgIpc) is 2.65. The van der Waals surface area contributed by atoms with E-state index < -0.39 is 8.60 Å². The predicted molar refractivity (Wildman–Crippen MR) is 118 cm³/mol. The van der Waals surface area contributed by atoms with Gasteiger partial charge in [-0.15, -0.1) is 0 Å². The van der Waals surface area contributed by atoms with Crippen molar-refractivity contribution in [2.75, 3.05) is 19.8 Å². The van der Waals surface area contributed by atoms with Crippen molar-refractivity contribution in [2.45, 2.75) is 111 Å². The molecule has 0 aliphatic carbocycles. The molecule has 1 saturated heterocycles. The summed E-state index contributed by atoms with van der Waals surface area (Å²) in [5.41, 5.74) is 0.131. The lowest BCUT2D eigenvalue weighted by Crippen LogP contribution is -2.28. The predicted octanol–water partition coefficient (Wildman–Crippen LogP) is 8.34. The van der Waals surface area contributed by atoms with E-state index in [9.17, 15) is 0 Å². The molecule has 1 heterocycles. The quantitative estimate of drug-likeness (QED) is 0.139. The Balaban J connectivity index is 1.75. The van der Waals surface area contributed by atoms with Crippen LogP contribution in [0, 0.1) is 5.41 Å². The Morgan fingerprint density at radius 1 is 0.741 bits per heavy atom. The lowest BCUT2D eigenvalue weighted by molar-refractivity contribution is 0.0275. The third-order valence-electron chi connectivity index (χ3n) is 4.97. The van der Waals surface area contributed by atoms with Crippen LogP contribution in [-0.4, -0.2) is 19.8 Å². The second kappa shape index (κ2) is 17.0. The summed E-state index contributed by atoms with van der Waals surface area (Å²) in [7, 11) is -1.08. The van der Waals surface area contributed by atoms with E-state index in [-0.39, 0.29) is 5.41 Å². The molecular weight excluding hydrogens is 355 g/mol. The Hall–Kier alpha value is 0.0500. The SMILES string of the molecule is CCCCCCCCC=CCCCCCCCCOP1OCC(C)(C)CO1. The highest BCUT2D eigenvalue weighted by Gasteiger charge is 2.29. The van der Waals surface area contributed by atoms with Crippen LogP contribution in [0.5, 0.6) is 0 Å². The lowest BCUT2D eigenvalue weighted by Gasteiger charge is -2.32. The molecular formula is C23H45O3P. The molecule has 1 rings (SSSR count). The minimum atomic E-state index is -1.08. The second-order valence-corrected chi connectivity index (χ2v) is 9.93. The van der Waals surface area contributed by atoms with Crippen LogP contribution >= 0.6 is 8.60 Å². The van der Waals surface area contributed by atoms with Crippen molar-refractivity contribution in [3.05, 3.63) is 12.2 Å². The normalized spacial score (nSPS) is 17.7. The van der Waals surface area contributed by atoms with Crippen LogP contribution in [-0.2, 0) is 13.6 Å². The summed E-state index contributed by atoms with van der Waals surface area (Å²) >= 11 is 0. The van der Waals surface area contributed by atoms with Crippen molar-refractivity contribution in [3.63, 3.8) is 0 Å². The molecule has 3 nitrogen and oxygen atoms in total. The maximum absolute atomic E-state index is 5.71. The van der Waals surface area contributed by atoms with Crippen LogP contribution in [0.15, 0.2) is 12.2 Å². The van der Waals surface area contributed by atoms with E-state index in [1.54, 1.807) is 0 Å². The van der Waals surface area contributed by atoms with Crippen LogP contribution < -0.4 is 0 Å². The zero-order valence-electron chi connectivity index (χ0n) is 18.3. The molecule has 0 aromatic carbocycles. The first kappa shape index (κ1) is 25.1. The van der Waals surface area contributed by atoms with Gasteiger partial charge < -0.3 is 13.6 Å². The van der Waals surface area contributed by atoms with Crippen molar-refractivity contribution in [1.82, 2.24) is 0 Å². The van der Waals surface area contributed by atoms with E-state index in [0.717, 1.165) is 26.2 Å². The van der Waals surface area contributed by atoms with Gasteiger partial charge in [0.25, 0.3) is 0 Å². The van der Waals surface area contributed by atoms with Gasteiger partial charge in [-0.05, 0) is 32.1 Å². The Kier molecular flexibility index (Phi) is 15.8. The molecule has 27 heavy (non-hydrogen) atoms. The van der Waals surface area contributed by atoms with Crippen molar-refractivity contribution < 1.29 is 13.6 Å². The third kappa shape index (κ3) is 15.6. The first-order valence-corrected chi connectivity index (χ1v) is 12.6. The van der Waals surface area contributed by atoms with Crippen molar-refractivity contribution in [2.24, 2.45) is 5.41 Å². The van der Waals surface area contributed by atoms with Gasteiger partial charge in [0, 0.05) is 5.41 Å². The van der Waals surface area contributed by atoms with Gasteiger partial charge in [-0.25, -0.2) is 0 Å². The molecule has 0 amide bonds. The molecule has 1 aliphatic heterocycles. The lowest BCUT2D eigenvalue weighted by atomic mass is 9.97. The highest BCUT2D eigenvalue weighted by atomic mass is 31.2. The molecule has 1 aliphatic rings. The van der Waals surface area contributed by atoms with E-state index in [1.807, 2.05) is 0 Å². The smallest absolute Gasteiger partial charge is 0.312 e. The summed E-state index contributed by atoms with van der Waals surface area (Å²) in [5, 5.41) is 0. The maximum Gasteiger partial charge on any atom is 0.332 e. The first-order valence-electron chi connectivity index (χ1n) is 11.5. The van der Waals surface area contributed by atoms with Crippen molar-refractivity contribution in [3.8, 4) is 0 Å². The Bertz CT molecular complexity index is 348. The van der Waals surface area contributed by atoms with Crippen LogP contribution in [0.3, 0.4) is 0 Å². The van der Waals surface area contributed by atoms with Crippen LogP contribution in [0.4, 0.5) is 0 Å². The molecule has 1 fully saturated rings. The standard InChI is InChI=1S/C23H45O3P/c1-4-5-6-7-8-9-10-11-12-13-14-15-16-17-18-19-20-24-27-25-21-23(2,3)22-26-27/h11-12H,4-10,13-22H2,1-3H3. The third-order valence-corrected chi connectivity index (χ3v) is 6.05. The molecule has 0 N–H and O–H groups in total. The zero-order chi connectivity index (χ0) is 19.6. The first-order chi connectivity index (χ1) is 13.1. The van der Waals surface area contributed by atoms with E-state index in [2.05, 4.69) is 32.9 Å². The fraction of sp³-hybridized carbons (Fsp3) is 0.913. The van der Waals surface area contributed by atoms with Crippen LogP contribution in [0.2, 0.25) is 0 Å². The summed E-state index contributed by atoms with van der Waals surface area (Å²) in [6.07, 6.45) is 23.4. The van der Waals surface area contributed by atoms with E-state index in [0.29, 0.717) is 0 Å². The minimum Gasteiger partial charge on any atom is -0.312 e. The van der Waals surface area contributed by atoms with Crippen molar-refractivity contribution >= 4 is 8.60 Å². The molecule has 0 unspecified atom stereocenters. The van der Waals surface area contributed by atoms with Crippen LogP contribution in [0.1, 0.15) is 111 Å². The number of allylic oxidation sites excluding steroid dienone is 2. The molecule has 0 aromatic rings. The number of unbranched alkanes of at least 4 members (excludes halogenated alkanes) is 12. The number of hydrogen-bond acceptors (Lipinski definition) is 3.